The summed E-state index contributed by atoms with van der Waals surface area (Å²) in [6.45, 7) is 0.00341. The van der Waals surface area contributed by atoms with Crippen LogP contribution in [0.4, 0.5) is 0 Å². The van der Waals surface area contributed by atoms with Gasteiger partial charge in [0.05, 0.1) is 12.1 Å². The van der Waals surface area contributed by atoms with Crippen LogP contribution >= 0.6 is 11.3 Å². The lowest BCUT2D eigenvalue weighted by Gasteiger charge is -2.17. The average molecular weight is 445 g/mol. The number of rotatable bonds is 6. The lowest BCUT2D eigenvalue weighted by Crippen LogP contribution is -2.19. The van der Waals surface area contributed by atoms with E-state index < -0.39 is 0 Å². The number of aryl methyl sites for hydroxylation is 2. The van der Waals surface area contributed by atoms with Gasteiger partial charge in [0, 0.05) is 22.6 Å². The van der Waals surface area contributed by atoms with Crippen molar-refractivity contribution in [2.45, 2.75) is 44.6 Å². The molecule has 0 bridgehead atoms. The molecule has 5 rings (SSSR count). The van der Waals surface area contributed by atoms with E-state index in [0.29, 0.717) is 10.7 Å². The number of hydrogen-bond donors (Lipinski definition) is 0. The number of fused-ring (bicyclic) bond motifs is 3. The summed E-state index contributed by atoms with van der Waals surface area (Å²) in [7, 11) is 0. The van der Waals surface area contributed by atoms with Crippen LogP contribution in [0.15, 0.2) is 71.5 Å². The normalized spacial score (nSPS) is 13.3. The quantitative estimate of drug-likeness (QED) is 0.397. The van der Waals surface area contributed by atoms with Gasteiger partial charge in [-0.2, -0.15) is 0 Å². The molecular weight excluding hydrogens is 420 g/mol. The Bertz CT molecular complexity index is 1260. The van der Waals surface area contributed by atoms with Crippen molar-refractivity contribution < 1.29 is 9.53 Å². The number of benzene rings is 2. The first-order valence-corrected chi connectivity index (χ1v) is 11.8. The minimum absolute atomic E-state index is 0.00341. The second kappa shape index (κ2) is 9.09. The summed E-state index contributed by atoms with van der Waals surface area (Å²) >= 11 is 1.58. The summed E-state index contributed by atoms with van der Waals surface area (Å²) in [6, 6.07) is 21.4. The van der Waals surface area contributed by atoms with Crippen molar-refractivity contribution in [3.05, 3.63) is 104 Å². The fourth-order valence-corrected chi connectivity index (χ4v) is 5.63. The maximum absolute atomic E-state index is 12.8. The van der Waals surface area contributed by atoms with Crippen LogP contribution in [0.5, 0.6) is 0 Å². The van der Waals surface area contributed by atoms with E-state index in [1.165, 1.54) is 10.9 Å². The van der Waals surface area contributed by atoms with E-state index in [2.05, 4.69) is 4.98 Å². The van der Waals surface area contributed by atoms with Gasteiger partial charge in [-0.3, -0.25) is 14.0 Å². The number of thiazole rings is 1. The molecule has 0 amide bonds. The maximum Gasteiger partial charge on any atom is 0.307 e. The minimum Gasteiger partial charge on any atom is -0.459 e. The molecule has 6 heteroatoms. The topological polar surface area (TPSA) is 60.7 Å². The Labute approximate surface area is 190 Å². The molecule has 1 aliphatic carbocycles. The first kappa shape index (κ1) is 20.6. The summed E-state index contributed by atoms with van der Waals surface area (Å²) in [5.41, 5.74) is 3.64. The van der Waals surface area contributed by atoms with Crippen LogP contribution in [0.3, 0.4) is 0 Å². The molecule has 0 spiro atoms. The highest BCUT2D eigenvalue weighted by Gasteiger charge is 2.21. The van der Waals surface area contributed by atoms with Gasteiger partial charge in [-0.25, -0.2) is 4.98 Å². The van der Waals surface area contributed by atoms with Gasteiger partial charge in [0.2, 0.25) is 0 Å². The zero-order valence-corrected chi connectivity index (χ0v) is 18.5. The van der Waals surface area contributed by atoms with Crippen molar-refractivity contribution in [2.75, 3.05) is 0 Å². The van der Waals surface area contributed by atoms with Gasteiger partial charge in [0.1, 0.15) is 6.61 Å². The van der Waals surface area contributed by atoms with E-state index >= 15 is 0 Å². The molecule has 4 aromatic rings. The highest BCUT2D eigenvalue weighted by atomic mass is 32.1. The van der Waals surface area contributed by atoms with Gasteiger partial charge in [-0.05, 0) is 36.8 Å². The Kier molecular flexibility index (Phi) is 5.86. The first-order valence-electron chi connectivity index (χ1n) is 11.0. The number of carbonyl (C=O) groups excluding carboxylic acids is 1. The van der Waals surface area contributed by atoms with Crippen molar-refractivity contribution in [1.82, 2.24) is 9.38 Å². The lowest BCUT2D eigenvalue weighted by molar-refractivity contribution is -0.145. The average Bonchev–Trinajstić information content (AvgIpc) is 3.21. The molecule has 0 N–H and O–H groups in total. The highest BCUT2D eigenvalue weighted by Crippen LogP contribution is 2.29. The molecule has 32 heavy (non-hydrogen) atoms. The van der Waals surface area contributed by atoms with Crippen LogP contribution in [-0.4, -0.2) is 15.4 Å². The van der Waals surface area contributed by atoms with Crippen molar-refractivity contribution >= 4 is 22.3 Å². The molecule has 5 nitrogen and oxygen atoms in total. The lowest BCUT2D eigenvalue weighted by atomic mass is 9.89. The third kappa shape index (κ3) is 4.23. The molecule has 0 aliphatic heterocycles. The van der Waals surface area contributed by atoms with Crippen LogP contribution in [0.1, 0.15) is 52.6 Å². The molecule has 2 aromatic heterocycles. The van der Waals surface area contributed by atoms with Crippen LogP contribution in [0, 0.1) is 0 Å². The maximum atomic E-state index is 12.8. The first-order chi connectivity index (χ1) is 15.7. The van der Waals surface area contributed by atoms with Gasteiger partial charge < -0.3 is 4.74 Å². The summed E-state index contributed by atoms with van der Waals surface area (Å²) in [5.74, 6) is -0.398. The molecule has 1 aliphatic rings. The van der Waals surface area contributed by atoms with Gasteiger partial charge in [0.15, 0.2) is 4.96 Å². The number of esters is 1. The Morgan fingerprint density at radius 2 is 1.66 bits per heavy atom. The van der Waals surface area contributed by atoms with E-state index in [1.54, 1.807) is 15.7 Å². The zero-order chi connectivity index (χ0) is 21.9. The van der Waals surface area contributed by atoms with Crippen LogP contribution in [-0.2, 0) is 29.0 Å². The van der Waals surface area contributed by atoms with E-state index in [9.17, 15) is 9.59 Å². The van der Waals surface area contributed by atoms with E-state index in [4.69, 9.17) is 4.74 Å². The molecule has 0 fully saturated rings. The molecule has 0 radical (unpaired) electrons. The van der Waals surface area contributed by atoms with Gasteiger partial charge in [0.25, 0.3) is 5.56 Å². The van der Waals surface area contributed by atoms with E-state index in [-0.39, 0.29) is 30.5 Å². The number of nitrogens with zero attached hydrogens (tertiary/aromatic N) is 2. The van der Waals surface area contributed by atoms with Crippen molar-refractivity contribution in [1.29, 1.82) is 0 Å². The van der Waals surface area contributed by atoms with Crippen LogP contribution in [0.2, 0.25) is 0 Å². The Morgan fingerprint density at radius 3 is 2.34 bits per heavy atom. The highest BCUT2D eigenvalue weighted by molar-refractivity contribution is 7.17. The predicted molar refractivity (Wildman–Crippen MR) is 125 cm³/mol. The third-order valence-corrected chi connectivity index (χ3v) is 7.11. The molecule has 0 atom stereocenters. The summed E-state index contributed by atoms with van der Waals surface area (Å²) < 4.78 is 7.29. The van der Waals surface area contributed by atoms with Crippen LogP contribution < -0.4 is 5.56 Å². The zero-order valence-electron chi connectivity index (χ0n) is 17.7. The fraction of sp³-hybridized carbons (Fsp3) is 0.269. The van der Waals surface area contributed by atoms with Crippen LogP contribution in [0.25, 0.3) is 4.96 Å². The molecule has 2 aromatic carbocycles. The molecule has 0 saturated carbocycles. The summed E-state index contributed by atoms with van der Waals surface area (Å²) in [4.78, 5) is 32.0. The Morgan fingerprint density at radius 1 is 1.00 bits per heavy atom. The molecule has 2 heterocycles. The van der Waals surface area contributed by atoms with Crippen molar-refractivity contribution in [2.24, 2.45) is 0 Å². The summed E-state index contributed by atoms with van der Waals surface area (Å²) in [5, 5.41) is 0. The molecule has 0 saturated heterocycles. The second-order valence-corrected chi connectivity index (χ2v) is 9.18. The van der Waals surface area contributed by atoms with Crippen molar-refractivity contribution in [3.8, 4) is 0 Å². The number of aromatic nitrogens is 2. The SMILES string of the molecule is O=C(CC(c1ccccc1)c1ccccc1)OCc1cc(=O)n2c3c(sc2n1)CCCC3. The number of carbonyl (C=O) groups is 1. The third-order valence-electron chi connectivity index (χ3n) is 5.97. The molecule has 162 valence electrons. The second-order valence-electron chi connectivity index (χ2n) is 8.12. The predicted octanol–water partition coefficient (Wildman–Crippen LogP) is 4.90. The van der Waals surface area contributed by atoms with Gasteiger partial charge in [-0.1, -0.05) is 60.7 Å². The Balaban J connectivity index is 1.32. The molecule has 0 unspecified atom stereocenters. The van der Waals surface area contributed by atoms with E-state index in [1.807, 2.05) is 60.7 Å². The molecular formula is C26H24N2O3S. The number of ether oxygens (including phenoxy) is 1. The van der Waals surface area contributed by atoms with Crippen molar-refractivity contribution in [3.63, 3.8) is 0 Å². The minimum atomic E-state index is -0.310. The largest absolute Gasteiger partial charge is 0.459 e. The Hall–Kier alpha value is -3.25. The van der Waals surface area contributed by atoms with Gasteiger partial charge in [-0.15, -0.1) is 11.3 Å². The summed E-state index contributed by atoms with van der Waals surface area (Å²) in [6.07, 6.45) is 4.42. The van der Waals surface area contributed by atoms with Gasteiger partial charge >= 0.3 is 5.97 Å². The van der Waals surface area contributed by atoms with E-state index in [0.717, 1.165) is 42.5 Å². The smallest absolute Gasteiger partial charge is 0.307 e. The fourth-order valence-electron chi connectivity index (χ4n) is 4.39. The standard InChI is InChI=1S/C26H24N2O3S/c29-24-15-20(27-26-28(24)22-13-7-8-14-23(22)32-26)17-31-25(30)16-21(18-9-3-1-4-10-18)19-11-5-2-6-12-19/h1-6,9-12,15,21H,7-8,13-14,16-17H2. The monoisotopic (exact) mass is 444 g/mol. The number of hydrogen-bond acceptors (Lipinski definition) is 5.